The van der Waals surface area contributed by atoms with E-state index in [2.05, 4.69) is 27.8 Å². The smallest absolute Gasteiger partial charge is 0.349 e. The first-order chi connectivity index (χ1) is 11.9. The maximum Gasteiger partial charge on any atom is 0.576 e. The molecule has 7 heteroatoms. The van der Waals surface area contributed by atoms with E-state index in [1.54, 1.807) is 19.0 Å². The number of rotatable bonds is 2. The minimum absolute atomic E-state index is 0.0225. The van der Waals surface area contributed by atoms with Crippen molar-refractivity contribution >= 4 is 23.2 Å². The molecule has 1 aromatic heterocycles. The number of hydrogen-bond acceptors (Lipinski definition) is 5. The van der Waals surface area contributed by atoms with Crippen LogP contribution in [0.15, 0.2) is 0 Å². The molecule has 0 saturated heterocycles. The Kier molecular flexibility index (Phi) is 5.50. The van der Waals surface area contributed by atoms with E-state index in [0.717, 1.165) is 50.9 Å². The summed E-state index contributed by atoms with van der Waals surface area (Å²) in [5, 5.41) is 0.463. The van der Waals surface area contributed by atoms with E-state index in [1.807, 2.05) is 0 Å². The van der Waals surface area contributed by atoms with Crippen molar-refractivity contribution in [3.05, 3.63) is 20.4 Å². The van der Waals surface area contributed by atoms with Crippen molar-refractivity contribution in [3.8, 4) is 6.07 Å². The molecule has 0 aromatic carbocycles. The van der Waals surface area contributed by atoms with Crippen molar-refractivity contribution in [2.75, 3.05) is 27.7 Å². The van der Waals surface area contributed by atoms with E-state index in [1.165, 1.54) is 16.2 Å². The lowest BCUT2D eigenvalue weighted by atomic mass is 9.81. The van der Waals surface area contributed by atoms with Crippen LogP contribution >= 0.6 is 11.3 Å². The second-order valence-electron chi connectivity index (χ2n) is 7.22. The summed E-state index contributed by atoms with van der Waals surface area (Å²) in [7, 11) is 5.65. The lowest BCUT2D eigenvalue weighted by Crippen LogP contribution is -2.32. The number of fused-ring (bicyclic) bond motifs is 1. The van der Waals surface area contributed by atoms with E-state index in [4.69, 9.17) is 0 Å². The molecule has 25 heavy (non-hydrogen) atoms. The van der Waals surface area contributed by atoms with E-state index in [9.17, 15) is 9.59 Å². The summed E-state index contributed by atoms with van der Waals surface area (Å²) in [5.41, 5.74) is 1.04. The van der Waals surface area contributed by atoms with E-state index >= 15 is 0 Å². The van der Waals surface area contributed by atoms with E-state index in [-0.39, 0.29) is 23.7 Å². The zero-order valence-corrected chi connectivity index (χ0v) is 15.9. The summed E-state index contributed by atoms with van der Waals surface area (Å²) in [5.74, 6) is -0.0424. The Bertz CT molecular complexity index is 731. The van der Waals surface area contributed by atoms with Crippen molar-refractivity contribution in [1.29, 1.82) is 0 Å². The molecule has 1 saturated carbocycles. The number of carbonyl (C=O) groups is 2. The van der Waals surface area contributed by atoms with E-state index in [0.29, 0.717) is 5.01 Å². The molecular weight excluding hydrogens is 336 g/mol. The quantitative estimate of drug-likeness (QED) is 0.812. The molecule has 2 heterocycles. The highest BCUT2D eigenvalue weighted by atomic mass is 32.1. The molecule has 6 nitrogen and oxygen atoms in total. The van der Waals surface area contributed by atoms with Gasteiger partial charge in [-0.25, -0.2) is 4.98 Å². The number of amides is 2. The molecule has 1 aliphatic carbocycles. The van der Waals surface area contributed by atoms with Gasteiger partial charge in [0.15, 0.2) is 0 Å². The van der Waals surface area contributed by atoms with Crippen LogP contribution in [0.1, 0.15) is 46.1 Å². The average molecular weight is 361 g/mol. The Labute approximate surface area is 152 Å². The van der Waals surface area contributed by atoms with Gasteiger partial charge in [0.1, 0.15) is 0 Å². The van der Waals surface area contributed by atoms with Gasteiger partial charge in [-0.3, -0.25) is 4.79 Å². The fourth-order valence-electron chi connectivity index (χ4n) is 3.51. The predicted octanol–water partition coefficient (Wildman–Crippen LogP) is 2.50. The molecule has 2 aliphatic rings. The van der Waals surface area contributed by atoms with Gasteiger partial charge in [0.25, 0.3) is 11.1 Å². The molecule has 1 aliphatic heterocycles. The van der Waals surface area contributed by atoms with Gasteiger partial charge in [-0.05, 0) is 26.3 Å². The Morgan fingerprint density at radius 1 is 1.36 bits per heavy atom. The summed E-state index contributed by atoms with van der Waals surface area (Å²) in [6, 6.07) is 2.99. The Balaban J connectivity index is 1.65. The molecule has 1 fully saturated rings. The third-order valence-corrected chi connectivity index (χ3v) is 5.99. The molecule has 0 N–H and O–H groups in total. The van der Waals surface area contributed by atoms with Crippen LogP contribution in [0.5, 0.6) is 0 Å². The Morgan fingerprint density at radius 3 is 2.92 bits per heavy atom. The number of aromatic nitrogens is 1. The zero-order chi connectivity index (χ0) is 18.0. The minimum atomic E-state index is -0.303. The van der Waals surface area contributed by atoms with Gasteiger partial charge in [-0.2, -0.15) is 4.79 Å². The lowest BCUT2D eigenvalue weighted by molar-refractivity contribution is -0.134. The predicted molar refractivity (Wildman–Crippen MR) is 97.9 cm³/mol. The van der Waals surface area contributed by atoms with Crippen molar-refractivity contribution in [2.45, 2.75) is 38.6 Å². The second kappa shape index (κ2) is 7.63. The zero-order valence-electron chi connectivity index (χ0n) is 15.1. The topological polar surface area (TPSA) is 57.9 Å². The number of thiazole rings is 1. The van der Waals surface area contributed by atoms with Crippen molar-refractivity contribution in [2.24, 2.45) is 11.8 Å². The van der Waals surface area contributed by atoms with Crippen LogP contribution in [0.2, 0.25) is 0 Å². The summed E-state index contributed by atoms with van der Waals surface area (Å²) < 4.78 is 0. The number of likely N-dealkylation sites (N-methyl/N-ethyl adjacent to an activating group) is 1. The minimum Gasteiger partial charge on any atom is -0.349 e. The molecule has 0 bridgehead atoms. The Morgan fingerprint density at radius 2 is 2.16 bits per heavy atom. The SMILES string of the molecule is CN1CCc2nc(C(=O)[N+]#CC3CCC[C@H](C(=O)N(C)C)C3)sc2C1. The van der Waals surface area contributed by atoms with Crippen LogP contribution in [-0.4, -0.2) is 54.3 Å². The van der Waals surface area contributed by atoms with Crippen LogP contribution in [0.25, 0.3) is 4.85 Å². The summed E-state index contributed by atoms with van der Waals surface area (Å²) in [4.78, 5) is 38.0. The molecule has 1 aromatic rings. The van der Waals surface area contributed by atoms with Gasteiger partial charge in [-0.1, -0.05) is 6.42 Å². The van der Waals surface area contributed by atoms with Crippen LogP contribution in [0.4, 0.5) is 0 Å². The molecular formula is C18H25N4O2S+. The summed E-state index contributed by atoms with van der Waals surface area (Å²) in [6.07, 6.45) is 4.44. The summed E-state index contributed by atoms with van der Waals surface area (Å²) >= 11 is 1.45. The van der Waals surface area contributed by atoms with Crippen molar-refractivity contribution < 1.29 is 9.59 Å². The van der Waals surface area contributed by atoms with Crippen molar-refractivity contribution in [3.63, 3.8) is 0 Å². The van der Waals surface area contributed by atoms with Crippen LogP contribution in [-0.2, 0) is 17.8 Å². The maximum absolute atomic E-state index is 12.3. The first kappa shape index (κ1) is 18.0. The Hall–Kier alpha value is -1.78. The number of carbonyl (C=O) groups excluding carboxylic acids is 2. The number of hydrogen-bond donors (Lipinski definition) is 0. The highest BCUT2D eigenvalue weighted by Crippen LogP contribution is 2.30. The van der Waals surface area contributed by atoms with Gasteiger partial charge in [-0.15, -0.1) is 11.3 Å². The normalized spacial score (nSPS) is 23.3. The average Bonchev–Trinajstić information content (AvgIpc) is 3.02. The van der Waals surface area contributed by atoms with Crippen LogP contribution < -0.4 is 0 Å². The van der Waals surface area contributed by atoms with Crippen LogP contribution in [0.3, 0.4) is 0 Å². The highest BCUT2D eigenvalue weighted by Gasteiger charge is 2.31. The van der Waals surface area contributed by atoms with Crippen molar-refractivity contribution in [1.82, 2.24) is 14.8 Å². The standard InChI is InChI=1S/C18H25N4O2S/c1-21(2)18(24)13-6-4-5-12(9-13)10-19-16(23)17-20-14-7-8-22(3)11-15(14)25-17/h12-13H,4-9,11H2,1-3H3/q+1/t12?,13-/m0/s1. The lowest BCUT2D eigenvalue weighted by Gasteiger charge is -2.25. The molecule has 2 atom stereocenters. The fourth-order valence-corrected chi connectivity index (χ4v) is 4.58. The molecule has 3 rings (SSSR count). The fraction of sp³-hybridized carbons (Fsp3) is 0.667. The first-order valence-electron chi connectivity index (χ1n) is 8.83. The van der Waals surface area contributed by atoms with Gasteiger partial charge in [0, 0.05) is 49.2 Å². The highest BCUT2D eigenvalue weighted by molar-refractivity contribution is 7.13. The third-order valence-electron chi connectivity index (χ3n) is 4.92. The molecule has 0 spiro atoms. The maximum atomic E-state index is 12.3. The molecule has 1 unspecified atom stereocenters. The molecule has 134 valence electrons. The van der Waals surface area contributed by atoms with Gasteiger partial charge in [0.2, 0.25) is 5.91 Å². The first-order valence-corrected chi connectivity index (χ1v) is 9.64. The van der Waals surface area contributed by atoms with Gasteiger partial charge >= 0.3 is 5.91 Å². The van der Waals surface area contributed by atoms with E-state index < -0.39 is 0 Å². The largest absolute Gasteiger partial charge is 0.576 e. The van der Waals surface area contributed by atoms with Gasteiger partial charge in [0.05, 0.1) is 11.6 Å². The van der Waals surface area contributed by atoms with Gasteiger partial charge < -0.3 is 9.80 Å². The van der Waals surface area contributed by atoms with Crippen LogP contribution in [0, 0.1) is 17.9 Å². The molecule has 0 radical (unpaired) electrons. The molecule has 2 amide bonds. The second-order valence-corrected chi connectivity index (χ2v) is 8.30. The number of nitrogens with zero attached hydrogens (tertiary/aromatic N) is 4. The third kappa shape index (κ3) is 4.25. The summed E-state index contributed by atoms with van der Waals surface area (Å²) in [6.45, 7) is 1.83. The monoisotopic (exact) mass is 361 g/mol.